The maximum atomic E-state index is 10.4. The molecule has 0 bridgehead atoms. The molecule has 0 aromatic heterocycles. The lowest BCUT2D eigenvalue weighted by Gasteiger charge is -2.19. The number of carbonyl (C=O) groups is 1. The van der Waals surface area contributed by atoms with Crippen LogP contribution in [0.4, 0.5) is 0 Å². The van der Waals surface area contributed by atoms with Crippen molar-refractivity contribution < 1.29 is 25.2 Å². The molecule has 144 valence electrons. The van der Waals surface area contributed by atoms with Gasteiger partial charge in [-0.05, 0) is 31.1 Å². The van der Waals surface area contributed by atoms with Crippen molar-refractivity contribution in [3.05, 3.63) is 24.3 Å². The molecule has 2 atom stereocenters. The molecule has 5 nitrogen and oxygen atoms in total. The van der Waals surface area contributed by atoms with Crippen molar-refractivity contribution in [2.24, 2.45) is 11.8 Å². The van der Waals surface area contributed by atoms with Gasteiger partial charge in [-0.15, -0.1) is 0 Å². The molecule has 0 saturated heterocycles. The van der Waals surface area contributed by atoms with Gasteiger partial charge in [0.25, 0.3) is 5.97 Å². The number of unbranched alkanes of at least 4 members (excludes halogenated alkanes) is 4. The van der Waals surface area contributed by atoms with Crippen LogP contribution in [-0.4, -0.2) is 32.4 Å². The minimum atomic E-state index is -2.51. The van der Waals surface area contributed by atoms with E-state index in [1.807, 2.05) is 6.08 Å². The Balaban J connectivity index is 2.08. The fraction of sp³-hybridized carbons (Fsp3) is 0.750. The zero-order chi connectivity index (χ0) is 18.5. The summed E-state index contributed by atoms with van der Waals surface area (Å²) in [6.07, 6.45) is 19.1. The molecule has 0 heterocycles. The summed E-state index contributed by atoms with van der Waals surface area (Å²) in [5.74, 6) is -1.80. The van der Waals surface area contributed by atoms with E-state index >= 15 is 0 Å². The van der Waals surface area contributed by atoms with Crippen molar-refractivity contribution in [1.29, 1.82) is 0 Å². The Morgan fingerprint density at radius 3 is 2.24 bits per heavy atom. The Bertz CT molecular complexity index is 422. The van der Waals surface area contributed by atoms with E-state index in [-0.39, 0.29) is 6.42 Å². The number of rotatable bonds is 13. The smallest absolute Gasteiger partial charge is 0.328 e. The maximum Gasteiger partial charge on any atom is 0.328 e. The quantitative estimate of drug-likeness (QED) is 0.175. The van der Waals surface area contributed by atoms with Gasteiger partial charge in [0.15, 0.2) is 0 Å². The van der Waals surface area contributed by atoms with Gasteiger partial charge < -0.3 is 20.4 Å². The average Bonchev–Trinajstić information content (AvgIpc) is 2.96. The molecule has 5 heteroatoms. The van der Waals surface area contributed by atoms with E-state index in [1.54, 1.807) is 6.08 Å². The molecule has 1 aliphatic rings. The van der Waals surface area contributed by atoms with Crippen LogP contribution >= 0.6 is 0 Å². The second-order valence-electron chi connectivity index (χ2n) is 7.23. The number of hydrogen-bond acceptors (Lipinski definition) is 4. The summed E-state index contributed by atoms with van der Waals surface area (Å²) in [6, 6.07) is 0. The van der Waals surface area contributed by atoms with Gasteiger partial charge in [-0.3, -0.25) is 0 Å². The monoisotopic (exact) mass is 354 g/mol. The second kappa shape index (κ2) is 12.2. The summed E-state index contributed by atoms with van der Waals surface area (Å²) in [5, 5.41) is 34.9. The number of aliphatic hydroxyl groups is 3. The summed E-state index contributed by atoms with van der Waals surface area (Å²) in [6.45, 7) is 0. The molecule has 0 spiro atoms. The van der Waals surface area contributed by atoms with Gasteiger partial charge in [0, 0.05) is 12.5 Å². The van der Waals surface area contributed by atoms with Crippen molar-refractivity contribution in [3.63, 3.8) is 0 Å². The first-order chi connectivity index (χ1) is 11.9. The van der Waals surface area contributed by atoms with E-state index in [0.717, 1.165) is 37.2 Å². The van der Waals surface area contributed by atoms with Crippen LogP contribution in [-0.2, 0) is 4.79 Å². The molecule has 0 unspecified atom stereocenters. The zero-order valence-electron chi connectivity index (χ0n) is 15.1. The number of allylic oxidation sites excluding steroid dienone is 3. The third-order valence-corrected chi connectivity index (χ3v) is 5.09. The third kappa shape index (κ3) is 11.9. The van der Waals surface area contributed by atoms with Crippen molar-refractivity contribution >= 4 is 5.97 Å². The lowest BCUT2D eigenvalue weighted by Crippen LogP contribution is -2.26. The highest BCUT2D eigenvalue weighted by Crippen LogP contribution is 2.38. The first-order valence-electron chi connectivity index (χ1n) is 9.62. The highest BCUT2D eigenvalue weighted by Gasteiger charge is 2.25. The summed E-state index contributed by atoms with van der Waals surface area (Å²) in [7, 11) is 0. The predicted octanol–water partition coefficient (Wildman–Crippen LogP) is 3.74. The van der Waals surface area contributed by atoms with Crippen LogP contribution in [0.25, 0.3) is 0 Å². The van der Waals surface area contributed by atoms with E-state index < -0.39 is 11.9 Å². The Kier molecular flexibility index (Phi) is 10.7. The fourth-order valence-corrected chi connectivity index (χ4v) is 3.80. The molecule has 0 aromatic rings. The highest BCUT2D eigenvalue weighted by molar-refractivity contribution is 5.80. The molecular weight excluding hydrogens is 320 g/mol. The van der Waals surface area contributed by atoms with Crippen LogP contribution in [0.5, 0.6) is 0 Å². The molecule has 4 N–H and O–H groups in total. The second-order valence-corrected chi connectivity index (χ2v) is 7.23. The van der Waals surface area contributed by atoms with Gasteiger partial charge in [0.1, 0.15) is 0 Å². The van der Waals surface area contributed by atoms with Crippen molar-refractivity contribution in [1.82, 2.24) is 0 Å². The molecule has 0 radical (unpaired) electrons. The predicted molar refractivity (Wildman–Crippen MR) is 97.7 cm³/mol. The average molecular weight is 354 g/mol. The number of carboxylic acid groups (broad SMARTS) is 1. The minimum Gasteiger partial charge on any atom is -0.478 e. The normalized spacial score (nSPS) is 21.6. The number of carboxylic acids is 1. The van der Waals surface area contributed by atoms with E-state index in [0.29, 0.717) is 6.42 Å². The van der Waals surface area contributed by atoms with Crippen LogP contribution in [0, 0.1) is 11.8 Å². The first kappa shape index (κ1) is 21.9. The molecular formula is C20H34O5. The lowest BCUT2D eigenvalue weighted by atomic mass is 9.87. The fourth-order valence-electron chi connectivity index (χ4n) is 3.80. The topological polar surface area (TPSA) is 98.0 Å². The Morgan fingerprint density at radius 2 is 1.56 bits per heavy atom. The van der Waals surface area contributed by atoms with Crippen molar-refractivity contribution in [2.45, 2.75) is 83.0 Å². The summed E-state index contributed by atoms with van der Waals surface area (Å²) >= 11 is 0. The summed E-state index contributed by atoms with van der Waals surface area (Å²) in [5.41, 5.74) is 0. The molecule has 25 heavy (non-hydrogen) atoms. The molecule has 0 aliphatic heterocycles. The van der Waals surface area contributed by atoms with Crippen LogP contribution < -0.4 is 0 Å². The molecule has 0 amide bonds. The van der Waals surface area contributed by atoms with E-state index in [1.165, 1.54) is 44.9 Å². The lowest BCUT2D eigenvalue weighted by molar-refractivity contribution is -0.315. The van der Waals surface area contributed by atoms with Crippen molar-refractivity contribution in [2.75, 3.05) is 0 Å². The molecule has 1 fully saturated rings. The van der Waals surface area contributed by atoms with Gasteiger partial charge in [0.05, 0.1) is 0 Å². The number of hydrogen-bond donors (Lipinski definition) is 4. The van der Waals surface area contributed by atoms with E-state index in [9.17, 15) is 4.79 Å². The van der Waals surface area contributed by atoms with E-state index in [4.69, 9.17) is 20.4 Å². The molecule has 1 saturated carbocycles. The Hall–Kier alpha value is -1.17. The standard InChI is InChI=1S/C20H34O5/c21-19(22)15-8-4-3-7-12-18-14-10-13-17(18)11-6-2-1-5-9-16-20(23,24)25/h3-4,8,15,17-18,23-25H,1-2,5-7,9-14,16H2,(H,21,22)/t17-,18-/m0/s1. The van der Waals surface area contributed by atoms with Crippen LogP contribution in [0.3, 0.4) is 0 Å². The molecule has 0 aromatic carbocycles. The van der Waals surface area contributed by atoms with Gasteiger partial charge in [0.2, 0.25) is 0 Å². The summed E-state index contributed by atoms with van der Waals surface area (Å²) < 4.78 is 0. The highest BCUT2D eigenvalue weighted by atomic mass is 16.7. The van der Waals surface area contributed by atoms with Gasteiger partial charge >= 0.3 is 5.97 Å². The molecule has 1 rings (SSSR count). The zero-order valence-corrected chi connectivity index (χ0v) is 15.1. The first-order valence-corrected chi connectivity index (χ1v) is 9.62. The van der Waals surface area contributed by atoms with Gasteiger partial charge in [-0.1, -0.05) is 69.6 Å². The molecule has 1 aliphatic carbocycles. The SMILES string of the molecule is O=C(O)C=CC=CCC[C@H]1CCC[C@@H]1CCCCCCCC(O)(O)O. The largest absolute Gasteiger partial charge is 0.478 e. The van der Waals surface area contributed by atoms with Gasteiger partial charge in [-0.25, -0.2) is 4.79 Å². The van der Waals surface area contributed by atoms with Crippen LogP contribution in [0.1, 0.15) is 77.0 Å². The third-order valence-electron chi connectivity index (χ3n) is 5.09. The minimum absolute atomic E-state index is 0.0207. The van der Waals surface area contributed by atoms with Gasteiger partial charge in [-0.2, -0.15) is 0 Å². The van der Waals surface area contributed by atoms with Crippen LogP contribution in [0.2, 0.25) is 0 Å². The maximum absolute atomic E-state index is 10.4. The van der Waals surface area contributed by atoms with Crippen LogP contribution in [0.15, 0.2) is 24.3 Å². The van der Waals surface area contributed by atoms with E-state index in [2.05, 4.69) is 6.08 Å². The van der Waals surface area contributed by atoms with Crippen molar-refractivity contribution in [3.8, 4) is 0 Å². The Morgan fingerprint density at radius 1 is 0.920 bits per heavy atom. The summed E-state index contributed by atoms with van der Waals surface area (Å²) in [4.78, 5) is 10.4. The Labute approximate surface area is 151 Å². The number of aliphatic carboxylic acids is 1.